The van der Waals surface area contributed by atoms with Gasteiger partial charge in [0.15, 0.2) is 0 Å². The molecule has 0 unspecified atom stereocenters. The third kappa shape index (κ3) is 354. The van der Waals surface area contributed by atoms with E-state index in [4.69, 9.17) is 0 Å². The molecule has 0 nitrogen and oxygen atoms in total. The van der Waals surface area contributed by atoms with Crippen LogP contribution in [0.15, 0.2) is 0 Å². The SMILES string of the molecule is CSC.CSC.CSC.[Cl-].[Cl-].[Cl-].[Ru+3]. The van der Waals surface area contributed by atoms with Gasteiger partial charge in [0, 0.05) is 0 Å². The second kappa shape index (κ2) is 86.8. The Morgan fingerprint density at radius 1 is 0.462 bits per heavy atom. The van der Waals surface area contributed by atoms with Gasteiger partial charge in [0.2, 0.25) is 0 Å². The molecule has 0 heterocycles. The molecule has 0 aliphatic heterocycles. The third-order valence-corrected chi connectivity index (χ3v) is 0. The number of hydrogen-bond donors (Lipinski definition) is 0. The molecule has 0 amide bonds. The van der Waals surface area contributed by atoms with Crippen LogP contribution < -0.4 is 37.2 Å². The monoisotopic (exact) mass is 393 g/mol. The molecule has 0 bridgehead atoms. The van der Waals surface area contributed by atoms with Gasteiger partial charge in [0.25, 0.3) is 0 Å². The van der Waals surface area contributed by atoms with Crippen molar-refractivity contribution in [3.8, 4) is 0 Å². The molecule has 0 rings (SSSR count). The van der Waals surface area contributed by atoms with E-state index in [0.29, 0.717) is 0 Å². The second-order valence-corrected chi connectivity index (χ2v) is 3.67. The van der Waals surface area contributed by atoms with Crippen LogP contribution in [0.2, 0.25) is 0 Å². The van der Waals surface area contributed by atoms with E-state index >= 15 is 0 Å². The fourth-order valence-corrected chi connectivity index (χ4v) is 0. The zero-order chi connectivity index (χ0) is 8.12. The fraction of sp³-hybridized carbons (Fsp3) is 1.00. The molecule has 13 heavy (non-hydrogen) atoms. The molecule has 0 spiro atoms. The number of hydrogen-bond acceptors (Lipinski definition) is 3. The Labute approximate surface area is 128 Å². The van der Waals surface area contributed by atoms with E-state index in [1.165, 1.54) is 0 Å². The van der Waals surface area contributed by atoms with Crippen LogP contribution in [0.5, 0.6) is 0 Å². The summed E-state index contributed by atoms with van der Waals surface area (Å²) in [6, 6.07) is 0. The molecule has 0 N–H and O–H groups in total. The van der Waals surface area contributed by atoms with Crippen molar-refractivity contribution in [3.05, 3.63) is 0 Å². The van der Waals surface area contributed by atoms with E-state index in [1.54, 1.807) is 35.3 Å². The molecule has 1 radical (unpaired) electrons. The predicted molar refractivity (Wildman–Crippen MR) is 58.3 cm³/mol. The Morgan fingerprint density at radius 2 is 0.462 bits per heavy atom. The summed E-state index contributed by atoms with van der Waals surface area (Å²) < 4.78 is 0. The van der Waals surface area contributed by atoms with Crippen molar-refractivity contribution in [2.75, 3.05) is 37.5 Å². The van der Waals surface area contributed by atoms with Gasteiger partial charge in [-0.05, 0) is 37.5 Å². The number of halogens is 3. The normalized spacial score (nSPS) is 4.15. The van der Waals surface area contributed by atoms with E-state index in [0.717, 1.165) is 0 Å². The summed E-state index contributed by atoms with van der Waals surface area (Å²) in [6.07, 6.45) is 12.2. The Hall–Kier alpha value is 2.54. The maximum atomic E-state index is 2.04. The maximum absolute atomic E-state index is 2.04. The van der Waals surface area contributed by atoms with Gasteiger partial charge in [-0.1, -0.05) is 0 Å². The van der Waals surface area contributed by atoms with E-state index < -0.39 is 0 Å². The van der Waals surface area contributed by atoms with Crippen molar-refractivity contribution in [1.29, 1.82) is 0 Å². The van der Waals surface area contributed by atoms with Gasteiger partial charge in [-0.25, -0.2) is 0 Å². The summed E-state index contributed by atoms with van der Waals surface area (Å²) in [6.45, 7) is 0. The quantitative estimate of drug-likeness (QED) is 0.376. The van der Waals surface area contributed by atoms with Crippen molar-refractivity contribution in [1.82, 2.24) is 0 Å². The van der Waals surface area contributed by atoms with Crippen LogP contribution in [-0.2, 0) is 19.5 Å². The molecular weight excluding hydrogens is 376 g/mol. The van der Waals surface area contributed by atoms with Gasteiger partial charge in [0.05, 0.1) is 0 Å². The van der Waals surface area contributed by atoms with Crippen LogP contribution in [0, 0.1) is 0 Å². The Morgan fingerprint density at radius 3 is 0.462 bits per heavy atom. The molecular formula is C6H18Cl3RuS3. The first-order valence-electron chi connectivity index (χ1n) is 2.45. The van der Waals surface area contributed by atoms with Crippen LogP contribution in [0.3, 0.4) is 0 Å². The minimum atomic E-state index is 0. The zero-order valence-electron chi connectivity index (χ0n) is 8.71. The zero-order valence-corrected chi connectivity index (χ0v) is 15.2. The van der Waals surface area contributed by atoms with Crippen molar-refractivity contribution in [2.24, 2.45) is 0 Å². The van der Waals surface area contributed by atoms with Crippen LogP contribution in [0.4, 0.5) is 0 Å². The first-order valence-corrected chi connectivity index (χ1v) is 7.35. The smallest absolute Gasteiger partial charge is 1.00 e. The first-order chi connectivity index (χ1) is 4.24. The summed E-state index contributed by atoms with van der Waals surface area (Å²) >= 11 is 5.25. The summed E-state index contributed by atoms with van der Waals surface area (Å²) in [5.74, 6) is 0. The van der Waals surface area contributed by atoms with E-state index in [-0.39, 0.29) is 56.7 Å². The predicted octanol–water partition coefficient (Wildman–Crippen LogP) is -6.05. The average Bonchev–Trinajstić information content (AvgIpc) is 1.70. The summed E-state index contributed by atoms with van der Waals surface area (Å²) in [4.78, 5) is 0. The van der Waals surface area contributed by atoms with Crippen molar-refractivity contribution < 1.29 is 56.7 Å². The average molecular weight is 394 g/mol. The number of thioether (sulfide) groups is 3. The van der Waals surface area contributed by atoms with Gasteiger partial charge in [-0.2, -0.15) is 35.3 Å². The number of rotatable bonds is 0. The standard InChI is InChI=1S/3C2H6S.3ClH.Ru/c3*1-3-2;;;;/h3*1-2H3;3*1H;/q;;;;;;+3/p-3. The minimum absolute atomic E-state index is 0. The van der Waals surface area contributed by atoms with Crippen LogP contribution in [0.25, 0.3) is 0 Å². The molecule has 0 saturated carbocycles. The fourth-order valence-electron chi connectivity index (χ4n) is 0. The molecule has 0 fully saturated rings. The van der Waals surface area contributed by atoms with Gasteiger partial charge in [0.1, 0.15) is 0 Å². The Balaban J connectivity index is -0.00000000720. The molecule has 0 aromatic carbocycles. The van der Waals surface area contributed by atoms with E-state index in [1.807, 2.05) is 37.5 Å². The topological polar surface area (TPSA) is 0 Å². The van der Waals surface area contributed by atoms with Crippen molar-refractivity contribution >= 4 is 35.3 Å². The van der Waals surface area contributed by atoms with Gasteiger partial charge in [-0.15, -0.1) is 0 Å². The summed E-state index contributed by atoms with van der Waals surface area (Å²) in [5, 5.41) is 0. The Kier molecular flexibility index (Phi) is 301. The molecule has 89 valence electrons. The maximum Gasteiger partial charge on any atom is 3.00 e. The van der Waals surface area contributed by atoms with Crippen LogP contribution >= 0.6 is 35.3 Å². The van der Waals surface area contributed by atoms with Gasteiger partial charge >= 0.3 is 19.5 Å². The molecule has 0 aromatic heterocycles. The summed E-state index contributed by atoms with van der Waals surface area (Å²) in [5.41, 5.74) is 0. The molecule has 0 aromatic rings. The van der Waals surface area contributed by atoms with Crippen molar-refractivity contribution in [2.45, 2.75) is 0 Å². The molecule has 0 saturated heterocycles. The van der Waals surface area contributed by atoms with E-state index in [9.17, 15) is 0 Å². The van der Waals surface area contributed by atoms with Gasteiger partial charge in [-0.3, -0.25) is 0 Å². The Bertz CT molecular complexity index is 27.8. The van der Waals surface area contributed by atoms with E-state index in [2.05, 4.69) is 0 Å². The third-order valence-electron chi connectivity index (χ3n) is 0. The summed E-state index contributed by atoms with van der Waals surface area (Å²) in [7, 11) is 0. The molecule has 0 atom stereocenters. The molecule has 7 heteroatoms. The molecule has 0 aliphatic rings. The van der Waals surface area contributed by atoms with Crippen LogP contribution in [0.1, 0.15) is 0 Å². The van der Waals surface area contributed by atoms with Crippen LogP contribution in [-0.4, -0.2) is 37.5 Å². The molecule has 0 aliphatic carbocycles. The van der Waals surface area contributed by atoms with Crippen molar-refractivity contribution in [3.63, 3.8) is 0 Å². The largest absolute Gasteiger partial charge is 3.00 e. The first kappa shape index (κ1) is 45.0. The second-order valence-electron chi connectivity index (χ2n) is 1.22. The minimum Gasteiger partial charge on any atom is -1.00 e. The van der Waals surface area contributed by atoms with Gasteiger partial charge < -0.3 is 37.2 Å².